The third-order valence-electron chi connectivity index (χ3n) is 6.16. The summed E-state index contributed by atoms with van der Waals surface area (Å²) < 4.78 is 20.5. The third-order valence-corrected chi connectivity index (χ3v) is 7.87. The van der Waals surface area contributed by atoms with E-state index in [0.29, 0.717) is 12.8 Å². The van der Waals surface area contributed by atoms with Gasteiger partial charge in [-0.15, -0.1) is 0 Å². The van der Waals surface area contributed by atoms with Crippen molar-refractivity contribution in [1.82, 2.24) is 19.6 Å². The summed E-state index contributed by atoms with van der Waals surface area (Å²) >= 11 is 0. The summed E-state index contributed by atoms with van der Waals surface area (Å²) in [5.41, 5.74) is 3.66. The Kier molecular flexibility index (Phi) is 6.68. The Bertz CT molecular complexity index is 1380. The van der Waals surface area contributed by atoms with Gasteiger partial charge in [-0.3, -0.25) is 0 Å². The third kappa shape index (κ3) is 5.37. The summed E-state index contributed by atoms with van der Waals surface area (Å²) in [5.74, 6) is 0.322. The van der Waals surface area contributed by atoms with Crippen LogP contribution in [0.2, 0.25) is 25.7 Å². The predicted molar refractivity (Wildman–Crippen MR) is 141 cm³/mol. The molecule has 4 aromatic rings. The molecule has 188 valence electrons. The fraction of sp³-hybridized carbons (Fsp3) is 0.370. The van der Waals surface area contributed by atoms with Crippen LogP contribution in [0.5, 0.6) is 5.75 Å². The van der Waals surface area contributed by atoms with Crippen molar-refractivity contribution < 1.29 is 19.0 Å². The Morgan fingerprint density at radius 1 is 1.11 bits per heavy atom. The van der Waals surface area contributed by atoms with Gasteiger partial charge in [0.25, 0.3) is 0 Å². The lowest BCUT2D eigenvalue weighted by Crippen LogP contribution is -2.22. The molecule has 1 aliphatic carbocycles. The number of rotatable bonds is 10. The molecule has 1 fully saturated rings. The summed E-state index contributed by atoms with van der Waals surface area (Å²) in [6.07, 6.45) is 4.29. The molecule has 0 spiro atoms. The van der Waals surface area contributed by atoms with Crippen molar-refractivity contribution in [3.05, 3.63) is 60.4 Å². The molecular weight excluding hydrogens is 472 g/mol. The van der Waals surface area contributed by atoms with Crippen LogP contribution in [-0.2, 0) is 16.2 Å². The molecule has 1 saturated carbocycles. The minimum absolute atomic E-state index is 0.236. The number of benzene rings is 2. The Morgan fingerprint density at radius 3 is 2.67 bits per heavy atom. The normalized spacial score (nSPS) is 13.8. The van der Waals surface area contributed by atoms with Gasteiger partial charge in [-0.05, 0) is 49.2 Å². The summed E-state index contributed by atoms with van der Waals surface area (Å²) in [5, 5.41) is 10.1. The van der Waals surface area contributed by atoms with Gasteiger partial charge >= 0.3 is 5.97 Å². The first-order valence-corrected chi connectivity index (χ1v) is 16.0. The van der Waals surface area contributed by atoms with Crippen molar-refractivity contribution in [2.75, 3.05) is 13.7 Å². The molecule has 0 bridgehead atoms. The van der Waals surface area contributed by atoms with Crippen LogP contribution in [0.15, 0.2) is 54.7 Å². The van der Waals surface area contributed by atoms with Crippen LogP contribution in [0, 0.1) is 0 Å². The first-order valence-electron chi connectivity index (χ1n) is 12.3. The largest absolute Gasteiger partial charge is 0.490 e. The second-order valence-electron chi connectivity index (χ2n) is 10.4. The minimum Gasteiger partial charge on any atom is -0.490 e. The first kappa shape index (κ1) is 24.3. The van der Waals surface area contributed by atoms with E-state index in [-0.39, 0.29) is 5.69 Å². The molecule has 0 aliphatic heterocycles. The lowest BCUT2D eigenvalue weighted by atomic mass is 10.1. The predicted octanol–water partition coefficient (Wildman–Crippen LogP) is 5.53. The van der Waals surface area contributed by atoms with Gasteiger partial charge in [-0.2, -0.15) is 10.2 Å². The topological polar surface area (TPSA) is 80.4 Å². The number of nitrogens with zero attached hydrogens (tertiary/aromatic N) is 4. The standard InChI is InChI=1S/C27H32N4O4Si/c1-33-27(32)23-16-26(19-7-5-8-21(15-19)35-20-11-12-20)31(29-23)25-10-6-9-24-22(25)17-28-30(24)18-34-13-14-36(2,3)4/h5-10,15-17,20H,11-14,18H2,1-4H3. The van der Waals surface area contributed by atoms with Gasteiger partial charge in [0.15, 0.2) is 5.69 Å². The number of esters is 1. The zero-order valence-corrected chi connectivity index (χ0v) is 22.2. The highest BCUT2D eigenvalue weighted by atomic mass is 28.3. The van der Waals surface area contributed by atoms with Crippen molar-refractivity contribution in [2.24, 2.45) is 0 Å². The summed E-state index contributed by atoms with van der Waals surface area (Å²) in [6, 6.07) is 16.7. The van der Waals surface area contributed by atoms with E-state index in [4.69, 9.17) is 14.2 Å². The van der Waals surface area contributed by atoms with Gasteiger partial charge in [-0.25, -0.2) is 14.2 Å². The maximum absolute atomic E-state index is 12.4. The van der Waals surface area contributed by atoms with E-state index in [2.05, 4.69) is 29.8 Å². The van der Waals surface area contributed by atoms with Gasteiger partial charge < -0.3 is 14.2 Å². The number of methoxy groups -OCH3 is 1. The van der Waals surface area contributed by atoms with Crippen LogP contribution in [-0.4, -0.2) is 53.4 Å². The van der Waals surface area contributed by atoms with Crippen LogP contribution < -0.4 is 4.74 Å². The quantitative estimate of drug-likeness (QED) is 0.161. The van der Waals surface area contributed by atoms with Crippen molar-refractivity contribution in [3.8, 4) is 22.7 Å². The van der Waals surface area contributed by atoms with E-state index < -0.39 is 14.0 Å². The van der Waals surface area contributed by atoms with Crippen LogP contribution in [0.1, 0.15) is 23.3 Å². The van der Waals surface area contributed by atoms with E-state index in [9.17, 15) is 4.79 Å². The lowest BCUT2D eigenvalue weighted by Gasteiger charge is -2.15. The molecule has 2 aromatic heterocycles. The van der Waals surface area contributed by atoms with Gasteiger partial charge in [0, 0.05) is 25.6 Å². The lowest BCUT2D eigenvalue weighted by molar-refractivity contribution is 0.0593. The summed E-state index contributed by atoms with van der Waals surface area (Å²) in [6.45, 7) is 8.12. The highest BCUT2D eigenvalue weighted by Crippen LogP contribution is 2.33. The monoisotopic (exact) mass is 504 g/mol. The molecule has 1 aliphatic rings. The van der Waals surface area contributed by atoms with Crippen LogP contribution >= 0.6 is 0 Å². The molecule has 8 nitrogen and oxygen atoms in total. The number of hydrogen-bond acceptors (Lipinski definition) is 6. The van der Waals surface area contributed by atoms with E-state index >= 15 is 0 Å². The second-order valence-corrected chi connectivity index (χ2v) is 16.0. The fourth-order valence-electron chi connectivity index (χ4n) is 3.99. The highest BCUT2D eigenvalue weighted by Gasteiger charge is 2.24. The molecule has 0 amide bonds. The smallest absolute Gasteiger partial charge is 0.358 e. The number of carbonyl (C=O) groups excluding carboxylic acids is 1. The Morgan fingerprint density at radius 2 is 1.92 bits per heavy atom. The van der Waals surface area contributed by atoms with Crippen molar-refractivity contribution >= 4 is 24.9 Å². The van der Waals surface area contributed by atoms with Crippen LogP contribution in [0.3, 0.4) is 0 Å². The number of fused-ring (bicyclic) bond motifs is 1. The van der Waals surface area contributed by atoms with E-state index in [0.717, 1.165) is 59.1 Å². The molecule has 2 heterocycles. The molecule has 0 N–H and O–H groups in total. The number of aromatic nitrogens is 4. The first-order chi connectivity index (χ1) is 17.3. The summed E-state index contributed by atoms with van der Waals surface area (Å²) in [4.78, 5) is 12.4. The van der Waals surface area contributed by atoms with Crippen LogP contribution in [0.25, 0.3) is 27.8 Å². The maximum Gasteiger partial charge on any atom is 0.358 e. The van der Waals surface area contributed by atoms with Crippen LogP contribution in [0.4, 0.5) is 0 Å². The van der Waals surface area contributed by atoms with Crippen molar-refractivity contribution in [3.63, 3.8) is 0 Å². The molecule has 0 radical (unpaired) electrons. The molecule has 2 aromatic carbocycles. The highest BCUT2D eigenvalue weighted by molar-refractivity contribution is 6.76. The Balaban J connectivity index is 1.51. The van der Waals surface area contributed by atoms with E-state index in [1.807, 2.05) is 53.3 Å². The van der Waals surface area contributed by atoms with Gasteiger partial charge in [-0.1, -0.05) is 37.8 Å². The van der Waals surface area contributed by atoms with E-state index in [1.165, 1.54) is 7.11 Å². The van der Waals surface area contributed by atoms with Gasteiger partial charge in [0.1, 0.15) is 12.5 Å². The number of ether oxygens (including phenoxy) is 3. The average Bonchev–Trinajstić information content (AvgIpc) is 3.39. The molecular formula is C27H32N4O4Si. The van der Waals surface area contributed by atoms with Crippen molar-refractivity contribution in [2.45, 2.75) is 51.4 Å². The zero-order valence-electron chi connectivity index (χ0n) is 21.2. The number of hydrogen-bond donors (Lipinski definition) is 0. The SMILES string of the molecule is COC(=O)c1cc(-c2cccc(OC3CC3)c2)n(-c2cccc3c2cnn3COCC[Si](C)(C)C)n1. The molecule has 5 rings (SSSR count). The molecule has 0 atom stereocenters. The maximum atomic E-state index is 12.4. The molecule has 0 unspecified atom stereocenters. The molecule has 36 heavy (non-hydrogen) atoms. The number of carbonyl (C=O) groups is 1. The van der Waals surface area contributed by atoms with E-state index in [1.54, 1.807) is 10.7 Å². The Labute approximate surface area is 211 Å². The summed E-state index contributed by atoms with van der Waals surface area (Å²) in [7, 11) is 0.201. The molecule has 9 heteroatoms. The zero-order chi connectivity index (χ0) is 25.3. The average molecular weight is 505 g/mol. The fourth-order valence-corrected chi connectivity index (χ4v) is 4.74. The second kappa shape index (κ2) is 9.91. The van der Waals surface area contributed by atoms with Gasteiger partial charge in [0.05, 0.1) is 36.3 Å². The minimum atomic E-state index is -1.16. The van der Waals surface area contributed by atoms with Gasteiger partial charge in [0.2, 0.25) is 0 Å². The van der Waals surface area contributed by atoms with Crippen molar-refractivity contribution in [1.29, 1.82) is 0 Å². The Hall–Kier alpha value is -3.43. The molecule has 0 saturated heterocycles.